The van der Waals surface area contributed by atoms with Crippen LogP contribution in [0.25, 0.3) is 11.4 Å². The van der Waals surface area contributed by atoms with Crippen molar-refractivity contribution in [3.63, 3.8) is 0 Å². The normalized spacial score (nSPS) is 10.4. The quantitative estimate of drug-likeness (QED) is 0.391. The molecule has 172 valence electrons. The van der Waals surface area contributed by atoms with Crippen molar-refractivity contribution in [2.24, 2.45) is 7.05 Å². The highest BCUT2D eigenvalue weighted by molar-refractivity contribution is 7.99. The van der Waals surface area contributed by atoms with Gasteiger partial charge in [0.1, 0.15) is 5.75 Å². The van der Waals surface area contributed by atoms with E-state index in [1.54, 1.807) is 18.7 Å². The van der Waals surface area contributed by atoms with Gasteiger partial charge in [-0.15, -0.1) is 10.2 Å². The lowest BCUT2D eigenvalue weighted by Crippen LogP contribution is -2.16. The second kappa shape index (κ2) is 10.6. The van der Waals surface area contributed by atoms with Crippen molar-refractivity contribution in [2.45, 2.75) is 5.16 Å². The van der Waals surface area contributed by atoms with Gasteiger partial charge in [-0.3, -0.25) is 4.79 Å². The number of anilines is 1. The number of carbonyl (C=O) groups excluding carboxylic acids is 3. The molecule has 0 unspecified atom stereocenters. The van der Waals surface area contributed by atoms with Crippen molar-refractivity contribution >= 4 is 35.3 Å². The van der Waals surface area contributed by atoms with Gasteiger partial charge < -0.3 is 24.1 Å². The molecule has 3 rings (SSSR count). The fraction of sp³-hybridized carbons (Fsp3) is 0.227. The third-order valence-corrected chi connectivity index (χ3v) is 5.59. The number of rotatable bonds is 8. The van der Waals surface area contributed by atoms with Crippen LogP contribution in [0.15, 0.2) is 47.6 Å². The highest BCUT2D eigenvalue weighted by Gasteiger charge is 2.17. The minimum absolute atomic E-state index is 0.0217. The predicted octanol–water partition coefficient (Wildman–Crippen LogP) is 2.79. The van der Waals surface area contributed by atoms with Crippen LogP contribution in [-0.2, 0) is 21.3 Å². The molecule has 1 aromatic heterocycles. The van der Waals surface area contributed by atoms with Crippen LogP contribution in [0.2, 0.25) is 0 Å². The molecule has 0 saturated heterocycles. The fourth-order valence-electron chi connectivity index (χ4n) is 3.00. The second-order valence-corrected chi connectivity index (χ2v) is 7.63. The van der Waals surface area contributed by atoms with Gasteiger partial charge in [-0.1, -0.05) is 23.9 Å². The van der Waals surface area contributed by atoms with Gasteiger partial charge >= 0.3 is 11.9 Å². The number of ether oxygens (including phenoxy) is 3. The van der Waals surface area contributed by atoms with Gasteiger partial charge in [-0.05, 0) is 30.3 Å². The molecule has 33 heavy (non-hydrogen) atoms. The standard InChI is InChI=1S/C22H22N4O6S/c1-26-19(16-7-5-6-8-17(16)30-2)24-25-22(26)33-12-18(27)23-15-10-13(20(28)31-3)9-14(11-15)21(29)32-4/h5-11H,12H2,1-4H3,(H,23,27). The Morgan fingerprint density at radius 2 is 1.61 bits per heavy atom. The van der Waals surface area contributed by atoms with Crippen molar-refractivity contribution in [1.82, 2.24) is 14.8 Å². The van der Waals surface area contributed by atoms with Gasteiger partial charge in [-0.25, -0.2) is 9.59 Å². The van der Waals surface area contributed by atoms with Gasteiger partial charge in [0.05, 0.1) is 43.8 Å². The lowest BCUT2D eigenvalue weighted by Gasteiger charge is -2.10. The molecule has 0 radical (unpaired) electrons. The summed E-state index contributed by atoms with van der Waals surface area (Å²) in [6, 6.07) is 11.6. The molecule has 2 aromatic carbocycles. The molecule has 0 bridgehead atoms. The van der Waals surface area contributed by atoms with Crippen LogP contribution in [0.1, 0.15) is 20.7 Å². The number of hydrogen-bond donors (Lipinski definition) is 1. The number of esters is 2. The Morgan fingerprint density at radius 3 is 2.21 bits per heavy atom. The Bertz CT molecular complexity index is 1160. The number of nitrogens with one attached hydrogen (secondary N) is 1. The molecular formula is C22H22N4O6S. The van der Waals surface area contributed by atoms with Crippen LogP contribution < -0.4 is 10.1 Å². The average molecular weight is 471 g/mol. The average Bonchev–Trinajstić information content (AvgIpc) is 3.21. The lowest BCUT2D eigenvalue weighted by atomic mass is 10.1. The number of nitrogens with zero attached hydrogens (tertiary/aromatic N) is 3. The summed E-state index contributed by atoms with van der Waals surface area (Å²) in [7, 11) is 5.82. The number of thioether (sulfide) groups is 1. The molecule has 0 aliphatic rings. The first-order valence-corrected chi connectivity index (χ1v) is 10.6. The Labute approximate surface area is 194 Å². The predicted molar refractivity (Wildman–Crippen MR) is 121 cm³/mol. The molecule has 11 heteroatoms. The van der Waals surface area contributed by atoms with Crippen molar-refractivity contribution in [3.05, 3.63) is 53.6 Å². The van der Waals surface area contributed by atoms with E-state index in [1.165, 1.54) is 44.2 Å². The van der Waals surface area contributed by atoms with Crippen molar-refractivity contribution in [2.75, 3.05) is 32.4 Å². The van der Waals surface area contributed by atoms with Gasteiger partial charge in [0.25, 0.3) is 0 Å². The molecule has 1 N–H and O–H groups in total. The van der Waals surface area contributed by atoms with Crippen LogP contribution in [0, 0.1) is 0 Å². The Morgan fingerprint density at radius 1 is 0.970 bits per heavy atom. The number of amides is 1. The Kier molecular flexibility index (Phi) is 7.67. The van der Waals surface area contributed by atoms with E-state index in [-0.39, 0.29) is 28.5 Å². The van der Waals surface area contributed by atoms with Crippen LogP contribution in [0.4, 0.5) is 5.69 Å². The van der Waals surface area contributed by atoms with Crippen LogP contribution in [0.3, 0.4) is 0 Å². The molecular weight excluding hydrogens is 448 g/mol. The Hall–Kier alpha value is -3.86. The van der Waals surface area contributed by atoms with E-state index < -0.39 is 11.9 Å². The van der Waals surface area contributed by atoms with Gasteiger partial charge in [-0.2, -0.15) is 0 Å². The molecule has 1 heterocycles. The monoisotopic (exact) mass is 470 g/mol. The smallest absolute Gasteiger partial charge is 0.337 e. The lowest BCUT2D eigenvalue weighted by molar-refractivity contribution is -0.113. The SMILES string of the molecule is COC(=O)c1cc(NC(=O)CSc2nnc(-c3ccccc3OC)n2C)cc(C(=O)OC)c1. The molecule has 0 aliphatic heterocycles. The maximum absolute atomic E-state index is 12.5. The first kappa shape index (κ1) is 23.8. The van der Waals surface area contributed by atoms with E-state index in [9.17, 15) is 14.4 Å². The van der Waals surface area contributed by atoms with E-state index in [4.69, 9.17) is 14.2 Å². The number of carbonyl (C=O) groups is 3. The largest absolute Gasteiger partial charge is 0.496 e. The number of aromatic nitrogens is 3. The Balaban J connectivity index is 1.73. The van der Waals surface area contributed by atoms with Crippen LogP contribution in [0.5, 0.6) is 5.75 Å². The topological polar surface area (TPSA) is 122 Å². The third kappa shape index (κ3) is 5.50. The molecule has 0 fully saturated rings. The highest BCUT2D eigenvalue weighted by atomic mass is 32.2. The number of hydrogen-bond acceptors (Lipinski definition) is 9. The van der Waals surface area contributed by atoms with E-state index in [1.807, 2.05) is 24.3 Å². The third-order valence-electron chi connectivity index (χ3n) is 4.57. The zero-order valence-corrected chi connectivity index (χ0v) is 19.3. The molecule has 0 aliphatic carbocycles. The zero-order valence-electron chi connectivity index (χ0n) is 18.4. The summed E-state index contributed by atoms with van der Waals surface area (Å²) in [5.74, 6) is -0.367. The summed E-state index contributed by atoms with van der Waals surface area (Å²) in [6.07, 6.45) is 0. The molecule has 0 atom stereocenters. The second-order valence-electron chi connectivity index (χ2n) is 6.68. The van der Waals surface area contributed by atoms with Crippen molar-refractivity contribution < 1.29 is 28.6 Å². The fourth-order valence-corrected chi connectivity index (χ4v) is 3.71. The maximum atomic E-state index is 12.5. The summed E-state index contributed by atoms with van der Waals surface area (Å²) in [5.41, 5.74) is 1.26. The summed E-state index contributed by atoms with van der Waals surface area (Å²) in [4.78, 5) is 36.4. The van der Waals surface area contributed by atoms with Crippen LogP contribution in [-0.4, -0.2) is 59.7 Å². The molecule has 0 saturated carbocycles. The molecule has 10 nitrogen and oxygen atoms in total. The van der Waals surface area contributed by atoms with E-state index in [2.05, 4.69) is 15.5 Å². The summed E-state index contributed by atoms with van der Waals surface area (Å²) in [6.45, 7) is 0. The van der Waals surface area contributed by atoms with E-state index in [0.717, 1.165) is 5.56 Å². The molecule has 1 amide bonds. The summed E-state index contributed by atoms with van der Waals surface area (Å²) >= 11 is 1.19. The number of benzene rings is 2. The first-order chi connectivity index (χ1) is 15.9. The minimum Gasteiger partial charge on any atom is -0.496 e. The zero-order chi connectivity index (χ0) is 24.0. The van der Waals surface area contributed by atoms with Gasteiger partial charge in [0.15, 0.2) is 11.0 Å². The highest BCUT2D eigenvalue weighted by Crippen LogP contribution is 2.30. The van der Waals surface area contributed by atoms with Crippen LogP contribution >= 0.6 is 11.8 Å². The van der Waals surface area contributed by atoms with Gasteiger partial charge in [0, 0.05) is 12.7 Å². The van der Waals surface area contributed by atoms with Crippen molar-refractivity contribution in [1.29, 1.82) is 0 Å². The summed E-state index contributed by atoms with van der Waals surface area (Å²) in [5, 5.41) is 11.6. The maximum Gasteiger partial charge on any atom is 0.337 e. The minimum atomic E-state index is -0.645. The first-order valence-electron chi connectivity index (χ1n) is 9.65. The molecule has 0 spiro atoms. The van der Waals surface area contributed by atoms with Crippen molar-refractivity contribution in [3.8, 4) is 17.1 Å². The van der Waals surface area contributed by atoms with E-state index >= 15 is 0 Å². The van der Waals surface area contributed by atoms with E-state index in [0.29, 0.717) is 16.7 Å². The van der Waals surface area contributed by atoms with Gasteiger partial charge in [0.2, 0.25) is 5.91 Å². The summed E-state index contributed by atoms with van der Waals surface area (Å²) < 4.78 is 16.6. The number of methoxy groups -OCH3 is 3. The number of para-hydroxylation sites is 1. The molecule has 3 aromatic rings.